The Morgan fingerprint density at radius 2 is 2.41 bits per heavy atom. The molecule has 2 fully saturated rings. The summed E-state index contributed by atoms with van der Waals surface area (Å²) < 4.78 is 5.62. The zero-order valence-electron chi connectivity index (χ0n) is 10.5. The van der Waals surface area contributed by atoms with Gasteiger partial charge in [-0.15, -0.1) is 11.8 Å². The highest BCUT2D eigenvalue weighted by molar-refractivity contribution is 8.00. The van der Waals surface area contributed by atoms with Crippen molar-refractivity contribution < 1.29 is 9.53 Å². The van der Waals surface area contributed by atoms with Crippen LogP contribution in [0.5, 0.6) is 0 Å². The number of carbonyl (C=O) groups excluding carboxylic acids is 1. The second-order valence-electron chi connectivity index (χ2n) is 4.77. The number of thioether (sulfide) groups is 1. The second-order valence-corrected chi connectivity index (χ2v) is 6.08. The minimum absolute atomic E-state index is 0.159. The van der Waals surface area contributed by atoms with E-state index in [0.29, 0.717) is 6.54 Å². The minimum atomic E-state index is 0.159. The average molecular weight is 258 g/mol. The molecule has 0 aromatic carbocycles. The molecule has 0 spiro atoms. The maximum atomic E-state index is 12.2. The Hall–Kier alpha value is -0.260. The van der Waals surface area contributed by atoms with E-state index in [4.69, 9.17) is 4.74 Å². The molecule has 2 unspecified atom stereocenters. The number of likely N-dealkylation sites (N-methyl/N-ethyl adjacent to an activating group) is 1. The van der Waals surface area contributed by atoms with Crippen LogP contribution < -0.4 is 5.32 Å². The topological polar surface area (TPSA) is 41.6 Å². The quantitative estimate of drug-likeness (QED) is 0.810. The van der Waals surface area contributed by atoms with Gasteiger partial charge >= 0.3 is 0 Å². The largest absolute Gasteiger partial charge is 0.374 e. The summed E-state index contributed by atoms with van der Waals surface area (Å²) in [4.78, 5) is 14.0. The lowest BCUT2D eigenvalue weighted by atomic mass is 10.1. The van der Waals surface area contributed by atoms with Gasteiger partial charge in [-0.05, 0) is 18.6 Å². The van der Waals surface area contributed by atoms with Crippen molar-refractivity contribution in [1.82, 2.24) is 10.2 Å². The Morgan fingerprint density at radius 3 is 3.06 bits per heavy atom. The summed E-state index contributed by atoms with van der Waals surface area (Å²) in [5, 5.41) is 3.48. The summed E-state index contributed by atoms with van der Waals surface area (Å²) >= 11 is 1.81. The van der Waals surface area contributed by atoms with Crippen LogP contribution in [0.25, 0.3) is 0 Å². The summed E-state index contributed by atoms with van der Waals surface area (Å²) in [5.41, 5.74) is 0. The maximum absolute atomic E-state index is 12.2. The monoisotopic (exact) mass is 258 g/mol. The lowest BCUT2D eigenvalue weighted by molar-refractivity contribution is -0.131. The Balaban J connectivity index is 1.77. The number of carbonyl (C=O) groups is 1. The number of hydrogen-bond acceptors (Lipinski definition) is 4. The van der Waals surface area contributed by atoms with Crippen molar-refractivity contribution in [1.29, 1.82) is 0 Å². The number of hydrogen-bond donors (Lipinski definition) is 1. The molecule has 98 valence electrons. The van der Waals surface area contributed by atoms with Gasteiger partial charge in [0.2, 0.25) is 5.91 Å². The molecule has 1 N–H and O–H groups in total. The molecular weight excluding hydrogens is 236 g/mol. The van der Waals surface area contributed by atoms with Crippen LogP contribution in [0.4, 0.5) is 0 Å². The smallest absolute Gasteiger partial charge is 0.235 e. The SMILES string of the molecule is CN(CC1CNCCO1)C(=O)C1CCCCS1. The molecule has 0 radical (unpaired) electrons. The molecule has 0 bridgehead atoms. The molecule has 2 heterocycles. The van der Waals surface area contributed by atoms with Crippen LogP contribution in [0.1, 0.15) is 19.3 Å². The third kappa shape index (κ3) is 3.86. The zero-order valence-corrected chi connectivity index (χ0v) is 11.3. The molecule has 1 amide bonds. The van der Waals surface area contributed by atoms with Crippen molar-refractivity contribution in [2.24, 2.45) is 0 Å². The van der Waals surface area contributed by atoms with E-state index in [2.05, 4.69) is 5.32 Å². The number of amides is 1. The van der Waals surface area contributed by atoms with Crippen LogP contribution in [-0.4, -0.2) is 61.2 Å². The van der Waals surface area contributed by atoms with Gasteiger partial charge in [0.15, 0.2) is 0 Å². The molecule has 17 heavy (non-hydrogen) atoms. The minimum Gasteiger partial charge on any atom is -0.374 e. The van der Waals surface area contributed by atoms with Crippen molar-refractivity contribution in [2.45, 2.75) is 30.6 Å². The van der Waals surface area contributed by atoms with E-state index in [1.165, 1.54) is 12.8 Å². The standard InChI is InChI=1S/C12H22N2O2S/c1-14(9-10-8-13-5-6-16-10)12(15)11-4-2-3-7-17-11/h10-11,13H,2-9H2,1H3. The van der Waals surface area contributed by atoms with E-state index in [0.717, 1.165) is 31.9 Å². The van der Waals surface area contributed by atoms with Gasteiger partial charge in [-0.3, -0.25) is 4.79 Å². The normalized spacial score (nSPS) is 29.9. The van der Waals surface area contributed by atoms with Crippen LogP contribution in [0.15, 0.2) is 0 Å². The fourth-order valence-corrected chi connectivity index (χ4v) is 3.62. The molecule has 2 aliphatic heterocycles. The van der Waals surface area contributed by atoms with Gasteiger partial charge in [-0.25, -0.2) is 0 Å². The molecule has 2 atom stereocenters. The molecule has 0 saturated carbocycles. The summed E-state index contributed by atoms with van der Waals surface area (Å²) in [5.74, 6) is 1.41. The predicted molar refractivity (Wildman–Crippen MR) is 70.3 cm³/mol. The summed E-state index contributed by atoms with van der Waals surface area (Å²) in [6.07, 6.45) is 3.65. The first kappa shape index (κ1) is 13.2. The van der Waals surface area contributed by atoms with Gasteiger partial charge in [0.05, 0.1) is 18.0 Å². The molecule has 4 nitrogen and oxygen atoms in total. The first-order valence-electron chi connectivity index (χ1n) is 6.46. The Labute approximate surface area is 107 Å². The van der Waals surface area contributed by atoms with Gasteiger partial charge < -0.3 is 15.0 Å². The first-order chi connectivity index (χ1) is 8.27. The van der Waals surface area contributed by atoms with Crippen molar-refractivity contribution in [3.8, 4) is 0 Å². The lowest BCUT2D eigenvalue weighted by Crippen LogP contribution is -2.47. The summed E-state index contributed by atoms with van der Waals surface area (Å²) in [6, 6.07) is 0. The number of morpholine rings is 1. The molecule has 2 aliphatic rings. The Bertz CT molecular complexity index is 251. The van der Waals surface area contributed by atoms with Crippen molar-refractivity contribution in [2.75, 3.05) is 39.0 Å². The first-order valence-corrected chi connectivity index (χ1v) is 7.51. The highest BCUT2D eigenvalue weighted by Gasteiger charge is 2.26. The van der Waals surface area contributed by atoms with E-state index in [1.807, 2.05) is 23.7 Å². The molecule has 2 rings (SSSR count). The Kier molecular flexibility index (Phi) is 5.13. The fraction of sp³-hybridized carbons (Fsp3) is 0.917. The summed E-state index contributed by atoms with van der Waals surface area (Å²) in [7, 11) is 1.90. The van der Waals surface area contributed by atoms with Gasteiger partial charge in [-0.2, -0.15) is 0 Å². The molecule has 0 aliphatic carbocycles. The molecular formula is C12H22N2O2S. The highest BCUT2D eigenvalue weighted by atomic mass is 32.2. The molecule has 0 aromatic heterocycles. The van der Waals surface area contributed by atoms with Gasteiger partial charge in [0.25, 0.3) is 0 Å². The fourth-order valence-electron chi connectivity index (χ4n) is 2.31. The van der Waals surface area contributed by atoms with Crippen molar-refractivity contribution in [3.63, 3.8) is 0 Å². The van der Waals surface area contributed by atoms with Crippen LogP contribution in [-0.2, 0) is 9.53 Å². The van der Waals surface area contributed by atoms with Crippen LogP contribution in [0, 0.1) is 0 Å². The van der Waals surface area contributed by atoms with Gasteiger partial charge in [0, 0.05) is 26.7 Å². The second kappa shape index (κ2) is 6.61. The van der Waals surface area contributed by atoms with E-state index in [1.54, 1.807) is 0 Å². The highest BCUT2D eigenvalue weighted by Crippen LogP contribution is 2.26. The predicted octanol–water partition coefficient (Wildman–Crippen LogP) is 0.719. The zero-order chi connectivity index (χ0) is 12.1. The van der Waals surface area contributed by atoms with Crippen LogP contribution >= 0.6 is 11.8 Å². The van der Waals surface area contributed by atoms with Gasteiger partial charge in [-0.1, -0.05) is 6.42 Å². The number of nitrogens with one attached hydrogen (secondary N) is 1. The molecule has 0 aromatic rings. The van der Waals surface area contributed by atoms with E-state index in [-0.39, 0.29) is 17.3 Å². The lowest BCUT2D eigenvalue weighted by Gasteiger charge is -2.31. The maximum Gasteiger partial charge on any atom is 0.235 e. The number of ether oxygens (including phenoxy) is 1. The van der Waals surface area contributed by atoms with Crippen LogP contribution in [0.3, 0.4) is 0 Å². The summed E-state index contributed by atoms with van der Waals surface area (Å²) in [6.45, 7) is 3.25. The number of nitrogens with zero attached hydrogens (tertiary/aromatic N) is 1. The van der Waals surface area contributed by atoms with Crippen molar-refractivity contribution in [3.05, 3.63) is 0 Å². The Morgan fingerprint density at radius 1 is 1.53 bits per heavy atom. The van der Waals surface area contributed by atoms with Gasteiger partial charge in [0.1, 0.15) is 0 Å². The number of rotatable bonds is 3. The molecule has 5 heteroatoms. The van der Waals surface area contributed by atoms with E-state index >= 15 is 0 Å². The van der Waals surface area contributed by atoms with E-state index < -0.39 is 0 Å². The third-order valence-electron chi connectivity index (χ3n) is 3.31. The third-order valence-corrected chi connectivity index (χ3v) is 4.68. The van der Waals surface area contributed by atoms with E-state index in [9.17, 15) is 4.79 Å². The molecule has 2 saturated heterocycles. The average Bonchev–Trinajstić information content (AvgIpc) is 2.40. The van der Waals surface area contributed by atoms with Crippen molar-refractivity contribution >= 4 is 17.7 Å². The van der Waals surface area contributed by atoms with Crippen LogP contribution in [0.2, 0.25) is 0 Å².